The van der Waals surface area contributed by atoms with E-state index in [0.29, 0.717) is 18.9 Å². The number of nitrogens with zero attached hydrogens (tertiary/aromatic N) is 2. The van der Waals surface area contributed by atoms with Gasteiger partial charge < -0.3 is 5.11 Å². The predicted molar refractivity (Wildman–Crippen MR) is 72.4 cm³/mol. The third-order valence-corrected chi connectivity index (χ3v) is 5.88. The monoisotopic (exact) mass is 278 g/mol. The van der Waals surface area contributed by atoms with E-state index in [2.05, 4.69) is 6.92 Å². The summed E-state index contributed by atoms with van der Waals surface area (Å²) in [6.45, 7) is 2.61. The molecule has 0 bridgehead atoms. The first-order chi connectivity index (χ1) is 8.39. The summed E-state index contributed by atoms with van der Waals surface area (Å²) >= 11 is 0. The fraction of sp³-hybridized carbons (Fsp3) is 1.00. The van der Waals surface area contributed by atoms with E-state index in [0.717, 1.165) is 25.7 Å². The van der Waals surface area contributed by atoms with Crippen molar-refractivity contribution in [3.8, 4) is 0 Å². The first-order valence-electron chi connectivity index (χ1n) is 6.69. The summed E-state index contributed by atoms with van der Waals surface area (Å²) in [6, 6.07) is 0.128. The third kappa shape index (κ3) is 3.91. The Morgan fingerprint density at radius 2 is 1.72 bits per heavy atom. The van der Waals surface area contributed by atoms with Crippen molar-refractivity contribution >= 4 is 10.2 Å². The largest absolute Gasteiger partial charge is 0.396 e. The Bertz CT molecular complexity index is 337. The number of aliphatic hydroxyl groups excluding tert-OH is 1. The van der Waals surface area contributed by atoms with Crippen molar-refractivity contribution in [1.29, 1.82) is 0 Å². The second kappa shape index (κ2) is 6.84. The van der Waals surface area contributed by atoms with Crippen LogP contribution in [0.4, 0.5) is 0 Å². The Kier molecular flexibility index (Phi) is 6.04. The van der Waals surface area contributed by atoms with Gasteiger partial charge in [-0.2, -0.15) is 17.0 Å². The van der Waals surface area contributed by atoms with E-state index in [9.17, 15) is 8.42 Å². The molecule has 18 heavy (non-hydrogen) atoms. The molecule has 0 amide bonds. The molecule has 0 aromatic rings. The molecule has 0 atom stereocenters. The summed E-state index contributed by atoms with van der Waals surface area (Å²) in [6.07, 6.45) is 4.58. The molecule has 6 heteroatoms. The Balaban J connectivity index is 2.60. The predicted octanol–water partition coefficient (Wildman–Crippen LogP) is 1.06. The van der Waals surface area contributed by atoms with Gasteiger partial charge in [-0.05, 0) is 38.0 Å². The van der Waals surface area contributed by atoms with Gasteiger partial charge in [-0.3, -0.25) is 0 Å². The van der Waals surface area contributed by atoms with Gasteiger partial charge in [-0.15, -0.1) is 0 Å². The van der Waals surface area contributed by atoms with E-state index in [1.807, 2.05) is 0 Å². The van der Waals surface area contributed by atoms with Crippen LogP contribution in [-0.2, 0) is 10.2 Å². The zero-order chi connectivity index (χ0) is 13.8. The van der Waals surface area contributed by atoms with Gasteiger partial charge >= 0.3 is 0 Å². The molecule has 0 radical (unpaired) electrons. The molecule has 1 fully saturated rings. The third-order valence-electron chi connectivity index (χ3n) is 3.89. The van der Waals surface area contributed by atoms with Crippen LogP contribution in [0.5, 0.6) is 0 Å². The van der Waals surface area contributed by atoms with E-state index in [1.165, 1.54) is 8.61 Å². The highest BCUT2D eigenvalue weighted by molar-refractivity contribution is 7.86. The summed E-state index contributed by atoms with van der Waals surface area (Å²) in [5.41, 5.74) is 0. The molecule has 1 N–H and O–H groups in total. The van der Waals surface area contributed by atoms with E-state index in [4.69, 9.17) is 5.11 Å². The molecule has 0 unspecified atom stereocenters. The molecule has 0 heterocycles. The van der Waals surface area contributed by atoms with E-state index < -0.39 is 10.2 Å². The van der Waals surface area contributed by atoms with Crippen molar-refractivity contribution in [2.75, 3.05) is 27.2 Å². The fourth-order valence-electron chi connectivity index (χ4n) is 2.42. The lowest BCUT2D eigenvalue weighted by molar-refractivity contribution is 0.231. The first kappa shape index (κ1) is 15.9. The second-order valence-electron chi connectivity index (χ2n) is 5.34. The van der Waals surface area contributed by atoms with Gasteiger partial charge in [-0.25, -0.2) is 0 Å². The molecule has 0 spiro atoms. The average Bonchev–Trinajstić information content (AvgIpc) is 2.35. The molecule has 1 rings (SSSR count). The topological polar surface area (TPSA) is 60.9 Å². The van der Waals surface area contributed by atoms with Crippen molar-refractivity contribution in [3.05, 3.63) is 0 Å². The van der Waals surface area contributed by atoms with Crippen LogP contribution in [0.2, 0.25) is 0 Å². The molecule has 0 aromatic heterocycles. The van der Waals surface area contributed by atoms with Crippen LogP contribution in [0.15, 0.2) is 0 Å². The smallest absolute Gasteiger partial charge is 0.281 e. The van der Waals surface area contributed by atoms with Crippen LogP contribution >= 0.6 is 0 Å². The van der Waals surface area contributed by atoms with Gasteiger partial charge in [-0.1, -0.05) is 6.92 Å². The van der Waals surface area contributed by atoms with Gasteiger partial charge in [0.2, 0.25) is 0 Å². The minimum atomic E-state index is -3.37. The molecule has 1 aliphatic rings. The highest BCUT2D eigenvalue weighted by Crippen LogP contribution is 2.28. The molecule has 0 aliphatic heterocycles. The lowest BCUT2D eigenvalue weighted by atomic mass is 9.87. The van der Waals surface area contributed by atoms with Gasteiger partial charge in [0.25, 0.3) is 10.2 Å². The van der Waals surface area contributed by atoms with Crippen molar-refractivity contribution in [2.45, 2.75) is 45.1 Å². The van der Waals surface area contributed by atoms with Crippen LogP contribution in [0, 0.1) is 5.92 Å². The summed E-state index contributed by atoms with van der Waals surface area (Å²) in [7, 11) is -0.124. The standard InChI is InChI=1S/C12H26N2O3S/c1-11-5-7-12(8-6-11)14(3)18(16,17)13(2)9-4-10-15/h11-12,15H,4-10H2,1-3H3. The van der Waals surface area contributed by atoms with Crippen molar-refractivity contribution < 1.29 is 13.5 Å². The number of rotatable bonds is 6. The maximum absolute atomic E-state index is 12.3. The summed E-state index contributed by atoms with van der Waals surface area (Å²) in [5, 5.41) is 8.76. The zero-order valence-corrected chi connectivity index (χ0v) is 12.5. The molecule has 1 saturated carbocycles. The minimum Gasteiger partial charge on any atom is -0.396 e. The maximum Gasteiger partial charge on any atom is 0.281 e. The Hall–Kier alpha value is -0.170. The summed E-state index contributed by atoms with van der Waals surface area (Å²) in [4.78, 5) is 0. The maximum atomic E-state index is 12.3. The minimum absolute atomic E-state index is 0.0184. The van der Waals surface area contributed by atoms with Crippen LogP contribution in [-0.4, -0.2) is 55.4 Å². The van der Waals surface area contributed by atoms with E-state index in [-0.39, 0.29) is 12.6 Å². The van der Waals surface area contributed by atoms with Crippen LogP contribution in [0.1, 0.15) is 39.0 Å². The molecule has 108 valence electrons. The van der Waals surface area contributed by atoms with Crippen molar-refractivity contribution in [2.24, 2.45) is 5.92 Å². The molecular weight excluding hydrogens is 252 g/mol. The Morgan fingerprint density at radius 3 is 2.22 bits per heavy atom. The zero-order valence-electron chi connectivity index (χ0n) is 11.7. The van der Waals surface area contributed by atoms with Crippen LogP contribution < -0.4 is 0 Å². The first-order valence-corrected chi connectivity index (χ1v) is 8.09. The van der Waals surface area contributed by atoms with E-state index in [1.54, 1.807) is 14.1 Å². The lowest BCUT2D eigenvalue weighted by Crippen LogP contribution is -2.46. The second-order valence-corrected chi connectivity index (χ2v) is 7.43. The fourth-order valence-corrected chi connectivity index (χ4v) is 3.81. The quantitative estimate of drug-likeness (QED) is 0.790. The highest BCUT2D eigenvalue weighted by Gasteiger charge is 2.31. The normalized spacial score (nSPS) is 25.9. The molecule has 1 aliphatic carbocycles. The van der Waals surface area contributed by atoms with E-state index >= 15 is 0 Å². The number of aliphatic hydroxyl groups is 1. The van der Waals surface area contributed by atoms with Crippen LogP contribution in [0.3, 0.4) is 0 Å². The van der Waals surface area contributed by atoms with Crippen molar-refractivity contribution in [1.82, 2.24) is 8.61 Å². The molecule has 0 saturated heterocycles. The molecule has 5 nitrogen and oxygen atoms in total. The number of hydrogen-bond donors (Lipinski definition) is 1. The SMILES string of the molecule is CC1CCC(N(C)S(=O)(=O)N(C)CCCO)CC1. The van der Waals surface area contributed by atoms with Gasteiger partial charge in [0.05, 0.1) is 0 Å². The molecule has 0 aromatic carbocycles. The van der Waals surface area contributed by atoms with Gasteiger partial charge in [0, 0.05) is 33.3 Å². The highest BCUT2D eigenvalue weighted by atomic mass is 32.2. The summed E-state index contributed by atoms with van der Waals surface area (Å²) < 4.78 is 27.4. The van der Waals surface area contributed by atoms with Crippen LogP contribution in [0.25, 0.3) is 0 Å². The molecular formula is C12H26N2O3S. The summed E-state index contributed by atoms with van der Waals surface area (Å²) in [5.74, 6) is 0.712. The van der Waals surface area contributed by atoms with Gasteiger partial charge in [0.15, 0.2) is 0 Å². The Morgan fingerprint density at radius 1 is 1.17 bits per heavy atom. The lowest BCUT2D eigenvalue weighted by Gasteiger charge is -2.34. The van der Waals surface area contributed by atoms with Crippen molar-refractivity contribution in [3.63, 3.8) is 0 Å². The number of hydrogen-bond acceptors (Lipinski definition) is 3. The Labute approximate surface area is 111 Å². The average molecular weight is 278 g/mol. The van der Waals surface area contributed by atoms with Gasteiger partial charge in [0.1, 0.15) is 0 Å².